The molecule has 3 aromatic carbocycles. The Morgan fingerprint density at radius 2 is 1.94 bits per heavy atom. The highest BCUT2D eigenvalue weighted by atomic mass is 35.5. The quantitative estimate of drug-likeness (QED) is 0.347. The van der Waals surface area contributed by atoms with Crippen LogP contribution in [0.1, 0.15) is 16.7 Å². The first-order chi connectivity index (χ1) is 16.3. The van der Waals surface area contributed by atoms with Crippen LogP contribution in [0.2, 0.25) is 5.02 Å². The van der Waals surface area contributed by atoms with Crippen molar-refractivity contribution in [3.8, 4) is 22.8 Å². The Hall–Kier alpha value is -3.62. The van der Waals surface area contributed by atoms with Crippen molar-refractivity contribution in [1.82, 2.24) is 15.5 Å². The zero-order chi connectivity index (χ0) is 24.2. The number of carboxylic acids is 1. The molecule has 0 aliphatic rings. The third kappa shape index (κ3) is 5.30. The van der Waals surface area contributed by atoms with E-state index < -0.39 is 23.6 Å². The number of rotatable bonds is 8. The lowest BCUT2D eigenvalue weighted by Crippen LogP contribution is -2.38. The number of halogens is 3. The van der Waals surface area contributed by atoms with Crippen molar-refractivity contribution in [3.63, 3.8) is 0 Å². The Balaban J connectivity index is 1.48. The van der Waals surface area contributed by atoms with Gasteiger partial charge in [-0.1, -0.05) is 41.0 Å². The average molecular weight is 484 g/mol. The molecule has 34 heavy (non-hydrogen) atoms. The Morgan fingerprint density at radius 3 is 2.68 bits per heavy atom. The van der Waals surface area contributed by atoms with E-state index in [0.29, 0.717) is 22.7 Å². The summed E-state index contributed by atoms with van der Waals surface area (Å²) in [7, 11) is 0. The molecule has 6 nitrogen and oxygen atoms in total. The molecule has 1 atom stereocenters. The molecule has 0 aliphatic heterocycles. The molecule has 1 unspecified atom stereocenters. The minimum Gasteiger partial charge on any atom is -0.480 e. The summed E-state index contributed by atoms with van der Waals surface area (Å²) in [5.41, 5.74) is 2.70. The van der Waals surface area contributed by atoms with Gasteiger partial charge < -0.3 is 14.9 Å². The second kappa shape index (κ2) is 10.1. The summed E-state index contributed by atoms with van der Waals surface area (Å²) in [6.45, 7) is 2.16. The molecule has 174 valence electrons. The van der Waals surface area contributed by atoms with Crippen LogP contribution in [0, 0.1) is 18.6 Å². The van der Waals surface area contributed by atoms with E-state index in [9.17, 15) is 18.7 Å². The van der Waals surface area contributed by atoms with E-state index in [-0.39, 0.29) is 23.7 Å². The van der Waals surface area contributed by atoms with Crippen LogP contribution < -0.4 is 5.32 Å². The fourth-order valence-corrected chi connectivity index (χ4v) is 3.69. The van der Waals surface area contributed by atoms with Gasteiger partial charge in [-0.15, -0.1) is 0 Å². The maximum absolute atomic E-state index is 14.8. The van der Waals surface area contributed by atoms with Crippen molar-refractivity contribution in [2.75, 3.05) is 0 Å². The summed E-state index contributed by atoms with van der Waals surface area (Å²) >= 11 is 6.13. The van der Waals surface area contributed by atoms with Crippen LogP contribution >= 0.6 is 11.6 Å². The molecule has 0 saturated carbocycles. The fourth-order valence-electron chi connectivity index (χ4n) is 3.50. The van der Waals surface area contributed by atoms with E-state index in [0.717, 1.165) is 11.1 Å². The monoisotopic (exact) mass is 483 g/mol. The summed E-state index contributed by atoms with van der Waals surface area (Å²) in [6.07, 6.45) is 0.0624. The molecule has 1 heterocycles. The van der Waals surface area contributed by atoms with Gasteiger partial charge in [-0.05, 0) is 66.4 Å². The van der Waals surface area contributed by atoms with E-state index in [1.54, 1.807) is 24.3 Å². The highest BCUT2D eigenvalue weighted by Crippen LogP contribution is 2.26. The van der Waals surface area contributed by atoms with Gasteiger partial charge in [0, 0.05) is 17.1 Å². The zero-order valence-corrected chi connectivity index (χ0v) is 18.8. The lowest BCUT2D eigenvalue weighted by atomic mass is 10.0. The van der Waals surface area contributed by atoms with Crippen LogP contribution in [0.3, 0.4) is 0 Å². The number of hydrogen-bond acceptors (Lipinski definition) is 5. The lowest BCUT2D eigenvalue weighted by Gasteiger charge is -2.16. The zero-order valence-electron chi connectivity index (χ0n) is 18.1. The number of aliphatic carboxylic acids is 1. The maximum atomic E-state index is 14.8. The Bertz CT molecular complexity index is 1340. The molecule has 9 heteroatoms. The van der Waals surface area contributed by atoms with Gasteiger partial charge in [-0.2, -0.15) is 4.98 Å². The molecule has 0 spiro atoms. The van der Waals surface area contributed by atoms with Crippen LogP contribution in [0.4, 0.5) is 8.78 Å². The van der Waals surface area contributed by atoms with Gasteiger partial charge in [0.25, 0.3) is 5.89 Å². The number of carbonyl (C=O) groups is 1. The SMILES string of the molecule is Cc1c(Cl)cccc1CNC(Cc1ccc(-c2noc(-c3cccc(F)c3)n2)c(F)c1)C(=O)O. The molecule has 0 bridgehead atoms. The minimum atomic E-state index is -1.05. The van der Waals surface area contributed by atoms with Gasteiger partial charge in [-0.25, -0.2) is 8.78 Å². The van der Waals surface area contributed by atoms with Crippen molar-refractivity contribution in [3.05, 3.63) is 94.0 Å². The van der Waals surface area contributed by atoms with Gasteiger partial charge in [0.05, 0.1) is 5.56 Å². The number of benzene rings is 3. The lowest BCUT2D eigenvalue weighted by molar-refractivity contribution is -0.139. The van der Waals surface area contributed by atoms with Crippen molar-refractivity contribution < 1.29 is 23.2 Å². The first-order valence-corrected chi connectivity index (χ1v) is 10.8. The summed E-state index contributed by atoms with van der Waals surface area (Å²) < 4.78 is 33.4. The topological polar surface area (TPSA) is 88.3 Å². The summed E-state index contributed by atoms with van der Waals surface area (Å²) in [5.74, 6) is -2.07. The normalized spacial score (nSPS) is 12.0. The number of carboxylic acid groups (broad SMARTS) is 1. The smallest absolute Gasteiger partial charge is 0.321 e. The molecule has 1 aromatic heterocycles. The standard InChI is InChI=1S/C25H20ClF2N3O3/c1-14-17(5-3-7-20(14)26)13-29-22(25(32)33)11-15-8-9-19(21(28)10-15)23-30-24(34-31-23)16-4-2-6-18(27)12-16/h2-10,12,22,29H,11,13H2,1H3,(H,32,33). The van der Waals surface area contributed by atoms with E-state index in [1.807, 2.05) is 13.0 Å². The van der Waals surface area contributed by atoms with Crippen LogP contribution in [0.15, 0.2) is 65.2 Å². The summed E-state index contributed by atoms with van der Waals surface area (Å²) in [6, 6.07) is 14.4. The highest BCUT2D eigenvalue weighted by molar-refractivity contribution is 6.31. The van der Waals surface area contributed by atoms with Crippen molar-refractivity contribution in [2.45, 2.75) is 25.9 Å². The molecule has 0 fully saturated rings. The van der Waals surface area contributed by atoms with E-state index in [1.165, 1.54) is 30.3 Å². The van der Waals surface area contributed by atoms with Crippen LogP contribution in [0.25, 0.3) is 22.8 Å². The third-order valence-electron chi connectivity index (χ3n) is 5.43. The second-order valence-electron chi connectivity index (χ2n) is 7.75. The fraction of sp³-hybridized carbons (Fsp3) is 0.160. The number of nitrogens with zero attached hydrogens (tertiary/aromatic N) is 2. The van der Waals surface area contributed by atoms with Crippen LogP contribution in [-0.4, -0.2) is 27.3 Å². The molecule has 2 N–H and O–H groups in total. The minimum absolute atomic E-state index is 0.00709. The van der Waals surface area contributed by atoms with Gasteiger partial charge in [-0.3, -0.25) is 4.79 Å². The molecule has 0 aliphatic carbocycles. The first-order valence-electron chi connectivity index (χ1n) is 10.4. The van der Waals surface area contributed by atoms with Gasteiger partial charge in [0.15, 0.2) is 0 Å². The van der Waals surface area contributed by atoms with Crippen LogP contribution in [-0.2, 0) is 17.8 Å². The molecular weight excluding hydrogens is 464 g/mol. The van der Waals surface area contributed by atoms with Crippen molar-refractivity contribution in [2.24, 2.45) is 0 Å². The molecular formula is C25H20ClF2N3O3. The largest absolute Gasteiger partial charge is 0.480 e. The number of nitrogens with one attached hydrogen (secondary N) is 1. The predicted molar refractivity (Wildman–Crippen MR) is 123 cm³/mol. The first kappa shape index (κ1) is 23.5. The van der Waals surface area contributed by atoms with E-state index >= 15 is 0 Å². The summed E-state index contributed by atoms with van der Waals surface area (Å²) in [4.78, 5) is 15.9. The third-order valence-corrected chi connectivity index (χ3v) is 5.84. The van der Waals surface area contributed by atoms with Crippen molar-refractivity contribution in [1.29, 1.82) is 0 Å². The van der Waals surface area contributed by atoms with Crippen molar-refractivity contribution >= 4 is 17.6 Å². The number of aromatic nitrogens is 2. The van der Waals surface area contributed by atoms with Gasteiger partial charge in [0.2, 0.25) is 5.82 Å². The van der Waals surface area contributed by atoms with Gasteiger partial charge in [0.1, 0.15) is 17.7 Å². The Kier molecular flexibility index (Phi) is 7.00. The summed E-state index contributed by atoms with van der Waals surface area (Å²) in [5, 5.41) is 17.0. The molecule has 4 rings (SSSR count). The molecule has 0 amide bonds. The highest BCUT2D eigenvalue weighted by Gasteiger charge is 2.20. The Morgan fingerprint density at radius 1 is 1.15 bits per heavy atom. The second-order valence-corrected chi connectivity index (χ2v) is 8.15. The van der Waals surface area contributed by atoms with Gasteiger partial charge >= 0.3 is 5.97 Å². The van der Waals surface area contributed by atoms with E-state index in [4.69, 9.17) is 16.1 Å². The molecule has 0 radical (unpaired) electrons. The molecule has 0 saturated heterocycles. The predicted octanol–water partition coefficient (Wildman–Crippen LogP) is 5.43. The Labute approximate surface area is 199 Å². The molecule has 4 aromatic rings. The van der Waals surface area contributed by atoms with Crippen LogP contribution in [0.5, 0.6) is 0 Å². The maximum Gasteiger partial charge on any atom is 0.321 e. The number of hydrogen-bond donors (Lipinski definition) is 2. The average Bonchev–Trinajstić information content (AvgIpc) is 3.29. The van der Waals surface area contributed by atoms with E-state index in [2.05, 4.69) is 15.5 Å².